The minimum atomic E-state index is -0.545. The minimum Gasteiger partial charge on any atom is -0.474 e. The number of hydrogen-bond acceptors (Lipinski definition) is 2. The SMILES string of the molecule is CP(C)Oc1ccc2ccccc2c1-c1c(OP(C)C)ccc2ccccc12. The van der Waals surface area contributed by atoms with Crippen molar-refractivity contribution >= 4 is 37.8 Å². The summed E-state index contributed by atoms with van der Waals surface area (Å²) >= 11 is 0. The molecule has 4 aromatic carbocycles. The third kappa shape index (κ3) is 3.72. The quantitative estimate of drug-likeness (QED) is 0.316. The highest BCUT2D eigenvalue weighted by molar-refractivity contribution is 7.51. The van der Waals surface area contributed by atoms with Gasteiger partial charge in [0.2, 0.25) is 0 Å². The van der Waals surface area contributed by atoms with Crippen molar-refractivity contribution < 1.29 is 9.05 Å². The highest BCUT2D eigenvalue weighted by Gasteiger charge is 2.20. The fourth-order valence-corrected chi connectivity index (χ4v) is 4.66. The summed E-state index contributed by atoms with van der Waals surface area (Å²) in [4.78, 5) is 0. The van der Waals surface area contributed by atoms with Crippen LogP contribution in [-0.4, -0.2) is 26.7 Å². The van der Waals surface area contributed by atoms with E-state index in [0.717, 1.165) is 22.6 Å². The van der Waals surface area contributed by atoms with Crippen LogP contribution < -0.4 is 9.05 Å². The summed E-state index contributed by atoms with van der Waals surface area (Å²) in [7, 11) is -1.09. The predicted octanol–water partition coefficient (Wildman–Crippen LogP) is 7.73. The molecule has 0 aliphatic carbocycles. The molecule has 0 N–H and O–H groups in total. The van der Waals surface area contributed by atoms with E-state index >= 15 is 0 Å². The molecule has 0 amide bonds. The smallest absolute Gasteiger partial charge is 0.131 e. The zero-order valence-electron chi connectivity index (χ0n) is 16.6. The summed E-state index contributed by atoms with van der Waals surface area (Å²) < 4.78 is 12.7. The maximum Gasteiger partial charge on any atom is 0.131 e. The lowest BCUT2D eigenvalue weighted by atomic mass is 9.92. The molecule has 4 aromatic rings. The van der Waals surface area contributed by atoms with Crippen molar-refractivity contribution in [1.29, 1.82) is 0 Å². The lowest BCUT2D eigenvalue weighted by Gasteiger charge is -2.21. The van der Waals surface area contributed by atoms with Crippen molar-refractivity contribution in [3.8, 4) is 22.6 Å². The Morgan fingerprint density at radius 3 is 1.29 bits per heavy atom. The first-order chi connectivity index (χ1) is 13.5. The zero-order valence-corrected chi connectivity index (χ0v) is 18.4. The summed E-state index contributed by atoms with van der Waals surface area (Å²) in [6.45, 7) is 8.52. The maximum absolute atomic E-state index is 6.33. The Balaban J connectivity index is 2.13. The van der Waals surface area contributed by atoms with Gasteiger partial charge in [-0.1, -0.05) is 60.7 Å². The van der Waals surface area contributed by atoms with Gasteiger partial charge in [0.1, 0.15) is 11.5 Å². The molecule has 4 rings (SSSR count). The van der Waals surface area contributed by atoms with Gasteiger partial charge < -0.3 is 9.05 Å². The van der Waals surface area contributed by atoms with E-state index in [1.54, 1.807) is 0 Å². The van der Waals surface area contributed by atoms with Gasteiger partial charge in [-0.2, -0.15) is 0 Å². The van der Waals surface area contributed by atoms with Crippen LogP contribution >= 0.6 is 16.3 Å². The summed E-state index contributed by atoms with van der Waals surface area (Å²) in [6, 6.07) is 25.5. The Bertz CT molecular complexity index is 1040. The van der Waals surface area contributed by atoms with Crippen molar-refractivity contribution in [2.75, 3.05) is 26.7 Å². The summed E-state index contributed by atoms with van der Waals surface area (Å²) in [6.07, 6.45) is 0. The van der Waals surface area contributed by atoms with E-state index in [2.05, 4.69) is 99.5 Å². The van der Waals surface area contributed by atoms with Gasteiger partial charge in [0.15, 0.2) is 0 Å². The lowest BCUT2D eigenvalue weighted by molar-refractivity contribution is 0.617. The fraction of sp³-hybridized carbons (Fsp3) is 0.167. The number of fused-ring (bicyclic) bond motifs is 2. The van der Waals surface area contributed by atoms with Crippen molar-refractivity contribution in [2.24, 2.45) is 0 Å². The maximum atomic E-state index is 6.33. The van der Waals surface area contributed by atoms with Gasteiger partial charge in [-0.05, 0) is 60.3 Å². The fourth-order valence-electron chi connectivity index (χ4n) is 3.56. The van der Waals surface area contributed by atoms with Gasteiger partial charge in [0.05, 0.1) is 16.3 Å². The van der Waals surface area contributed by atoms with Gasteiger partial charge in [0.25, 0.3) is 0 Å². The largest absolute Gasteiger partial charge is 0.474 e. The van der Waals surface area contributed by atoms with Crippen molar-refractivity contribution in [1.82, 2.24) is 0 Å². The van der Waals surface area contributed by atoms with Crippen molar-refractivity contribution in [2.45, 2.75) is 0 Å². The molecular weight excluding hydrogens is 382 g/mol. The van der Waals surface area contributed by atoms with Crippen LogP contribution in [0, 0.1) is 0 Å². The van der Waals surface area contributed by atoms with E-state index in [0.29, 0.717) is 0 Å². The average Bonchev–Trinajstić information content (AvgIpc) is 2.67. The van der Waals surface area contributed by atoms with Gasteiger partial charge >= 0.3 is 0 Å². The first-order valence-electron chi connectivity index (χ1n) is 9.29. The monoisotopic (exact) mass is 406 g/mol. The Morgan fingerprint density at radius 2 is 0.893 bits per heavy atom. The third-order valence-electron chi connectivity index (χ3n) is 4.59. The minimum absolute atomic E-state index is 0.545. The van der Waals surface area contributed by atoms with Crippen LogP contribution in [0.4, 0.5) is 0 Å². The van der Waals surface area contributed by atoms with Crippen molar-refractivity contribution in [3.05, 3.63) is 72.8 Å². The van der Waals surface area contributed by atoms with Crippen LogP contribution in [-0.2, 0) is 0 Å². The van der Waals surface area contributed by atoms with Crippen LogP contribution in [0.15, 0.2) is 72.8 Å². The first kappa shape index (κ1) is 19.2. The van der Waals surface area contributed by atoms with Crippen molar-refractivity contribution in [3.63, 3.8) is 0 Å². The van der Waals surface area contributed by atoms with Crippen LogP contribution in [0.3, 0.4) is 0 Å². The second-order valence-corrected chi connectivity index (χ2v) is 10.7. The Labute approximate surface area is 169 Å². The van der Waals surface area contributed by atoms with E-state index < -0.39 is 16.3 Å². The van der Waals surface area contributed by atoms with Gasteiger partial charge in [0, 0.05) is 11.1 Å². The molecule has 2 nitrogen and oxygen atoms in total. The molecule has 0 bridgehead atoms. The second-order valence-electron chi connectivity index (χ2n) is 7.13. The van der Waals surface area contributed by atoms with Crippen LogP contribution in [0.1, 0.15) is 0 Å². The molecule has 0 radical (unpaired) electrons. The Morgan fingerprint density at radius 1 is 0.500 bits per heavy atom. The van der Waals surface area contributed by atoms with Gasteiger partial charge in [-0.15, -0.1) is 0 Å². The molecule has 142 valence electrons. The van der Waals surface area contributed by atoms with Crippen LogP contribution in [0.2, 0.25) is 0 Å². The van der Waals surface area contributed by atoms with E-state index in [4.69, 9.17) is 9.05 Å². The molecule has 0 fully saturated rings. The predicted molar refractivity (Wildman–Crippen MR) is 126 cm³/mol. The lowest BCUT2D eigenvalue weighted by Crippen LogP contribution is -1.95. The standard InChI is InChI=1S/C24H24O2P2/c1-27(2)25-21-15-13-17-9-5-7-11-19(17)23(21)24-20-12-8-6-10-18(20)14-16-22(24)26-28(3)4/h5-16H,1-4H3. The summed E-state index contributed by atoms with van der Waals surface area (Å²) in [5, 5.41) is 4.79. The molecule has 4 heteroatoms. The molecule has 0 spiro atoms. The Hall–Kier alpha value is -2.14. The molecule has 0 atom stereocenters. The van der Waals surface area contributed by atoms with E-state index in [1.807, 2.05) is 0 Å². The number of hydrogen-bond donors (Lipinski definition) is 0. The molecular formula is C24H24O2P2. The van der Waals surface area contributed by atoms with Gasteiger partial charge in [-0.25, -0.2) is 0 Å². The molecule has 0 aliphatic heterocycles. The molecule has 0 heterocycles. The van der Waals surface area contributed by atoms with E-state index in [-0.39, 0.29) is 0 Å². The second kappa shape index (κ2) is 8.08. The highest BCUT2D eigenvalue weighted by atomic mass is 31.1. The zero-order chi connectivity index (χ0) is 19.7. The first-order valence-corrected chi connectivity index (χ1v) is 13.6. The molecule has 0 aliphatic rings. The normalized spacial score (nSPS) is 11.5. The van der Waals surface area contributed by atoms with Crippen LogP contribution in [0.25, 0.3) is 32.7 Å². The van der Waals surface area contributed by atoms with Gasteiger partial charge in [-0.3, -0.25) is 0 Å². The third-order valence-corrected chi connectivity index (χ3v) is 5.72. The average molecular weight is 406 g/mol. The van der Waals surface area contributed by atoms with E-state index in [1.165, 1.54) is 21.5 Å². The molecule has 0 saturated heterocycles. The number of rotatable bonds is 5. The molecule has 0 unspecified atom stereocenters. The summed E-state index contributed by atoms with van der Waals surface area (Å²) in [5.74, 6) is 1.85. The molecule has 28 heavy (non-hydrogen) atoms. The van der Waals surface area contributed by atoms with E-state index in [9.17, 15) is 0 Å². The Kier molecular flexibility index (Phi) is 5.54. The molecule has 0 aromatic heterocycles. The number of benzene rings is 4. The topological polar surface area (TPSA) is 18.5 Å². The highest BCUT2D eigenvalue weighted by Crippen LogP contribution is 2.49. The summed E-state index contributed by atoms with van der Waals surface area (Å²) in [5.41, 5.74) is 2.25. The van der Waals surface area contributed by atoms with Crippen LogP contribution in [0.5, 0.6) is 11.5 Å². The molecule has 0 saturated carbocycles.